The van der Waals surface area contributed by atoms with Crippen molar-refractivity contribution in [2.75, 3.05) is 0 Å². The van der Waals surface area contributed by atoms with Crippen molar-refractivity contribution in [1.82, 2.24) is 9.78 Å². The first-order chi connectivity index (χ1) is 5.81. The number of hydrogen-bond acceptors (Lipinski definition) is 2. The molecule has 0 aliphatic heterocycles. The van der Waals surface area contributed by atoms with E-state index in [0.717, 1.165) is 10.2 Å². The molecule has 1 aliphatic rings. The van der Waals surface area contributed by atoms with E-state index >= 15 is 0 Å². The second-order valence-electron chi connectivity index (χ2n) is 3.15. The summed E-state index contributed by atoms with van der Waals surface area (Å²) in [6, 6.07) is 0.571. The molecule has 0 saturated heterocycles. The van der Waals surface area contributed by atoms with Crippen LogP contribution in [-0.2, 0) is 6.61 Å². The van der Waals surface area contributed by atoms with E-state index in [1.54, 1.807) is 0 Å². The monoisotopic (exact) mass is 230 g/mol. The summed E-state index contributed by atoms with van der Waals surface area (Å²) in [4.78, 5) is 0. The highest BCUT2D eigenvalue weighted by molar-refractivity contribution is 9.10. The third-order valence-corrected chi connectivity index (χ3v) is 3.02. The van der Waals surface area contributed by atoms with Crippen molar-refractivity contribution in [2.24, 2.45) is 0 Å². The van der Waals surface area contributed by atoms with Gasteiger partial charge in [-0.25, -0.2) is 0 Å². The Kier molecular flexibility index (Phi) is 2.19. The van der Waals surface area contributed by atoms with Crippen molar-refractivity contribution in [1.29, 1.82) is 0 Å². The van der Waals surface area contributed by atoms with Crippen LogP contribution in [0.5, 0.6) is 0 Å². The summed E-state index contributed by atoms with van der Waals surface area (Å²) in [5.74, 6) is 0. The molecule has 66 valence electrons. The molecule has 0 spiro atoms. The van der Waals surface area contributed by atoms with E-state index < -0.39 is 0 Å². The van der Waals surface area contributed by atoms with Gasteiger partial charge >= 0.3 is 0 Å². The third-order valence-electron chi connectivity index (χ3n) is 2.36. The molecule has 1 aromatic rings. The average molecular weight is 231 g/mol. The van der Waals surface area contributed by atoms with Gasteiger partial charge in [0.1, 0.15) is 5.69 Å². The number of rotatable bonds is 2. The molecule has 3 nitrogen and oxygen atoms in total. The van der Waals surface area contributed by atoms with Crippen molar-refractivity contribution < 1.29 is 5.11 Å². The fourth-order valence-corrected chi connectivity index (χ4v) is 1.77. The van der Waals surface area contributed by atoms with Crippen molar-refractivity contribution in [2.45, 2.75) is 31.9 Å². The highest BCUT2D eigenvalue weighted by Gasteiger charge is 2.21. The number of hydrogen-bond donors (Lipinski definition) is 1. The predicted octanol–water partition coefficient (Wildman–Crippen LogP) is 1.86. The first-order valence-electron chi connectivity index (χ1n) is 4.15. The van der Waals surface area contributed by atoms with Gasteiger partial charge in [-0.1, -0.05) is 0 Å². The van der Waals surface area contributed by atoms with Crippen molar-refractivity contribution in [3.8, 4) is 0 Å². The Morgan fingerprint density at radius 2 is 2.42 bits per heavy atom. The van der Waals surface area contributed by atoms with Gasteiger partial charge in [0.05, 0.1) is 17.1 Å². The molecule has 1 N–H and O–H groups in total. The lowest BCUT2D eigenvalue weighted by Crippen LogP contribution is -2.17. The molecular formula is C8H11BrN2O. The maximum atomic E-state index is 8.90. The predicted molar refractivity (Wildman–Crippen MR) is 48.7 cm³/mol. The molecular weight excluding hydrogens is 220 g/mol. The molecule has 0 atom stereocenters. The summed E-state index contributed by atoms with van der Waals surface area (Å²) in [6.45, 7) is 0.0142. The van der Waals surface area contributed by atoms with E-state index in [-0.39, 0.29) is 6.61 Å². The lowest BCUT2D eigenvalue weighted by atomic mass is 9.93. The molecule has 0 amide bonds. The molecule has 0 aromatic carbocycles. The number of aromatic nitrogens is 2. The van der Waals surface area contributed by atoms with Gasteiger partial charge in [-0.3, -0.25) is 4.68 Å². The van der Waals surface area contributed by atoms with Crippen LogP contribution in [0.25, 0.3) is 0 Å². The molecule has 1 aromatic heterocycles. The Bertz CT molecular complexity index is 281. The van der Waals surface area contributed by atoms with E-state index in [4.69, 9.17) is 5.11 Å². The van der Waals surface area contributed by atoms with Crippen LogP contribution in [-0.4, -0.2) is 14.9 Å². The van der Waals surface area contributed by atoms with Crippen molar-refractivity contribution in [3.05, 3.63) is 16.4 Å². The maximum Gasteiger partial charge on any atom is 0.102 e. The molecule has 12 heavy (non-hydrogen) atoms. The summed E-state index contributed by atoms with van der Waals surface area (Å²) < 4.78 is 2.87. The van der Waals surface area contributed by atoms with Crippen LogP contribution in [0, 0.1) is 0 Å². The zero-order valence-corrected chi connectivity index (χ0v) is 8.29. The fraction of sp³-hybridized carbons (Fsp3) is 0.625. The van der Waals surface area contributed by atoms with Crippen LogP contribution < -0.4 is 0 Å². The molecule has 0 unspecified atom stereocenters. The summed E-state index contributed by atoms with van der Waals surface area (Å²) in [7, 11) is 0. The number of aliphatic hydroxyl groups excluding tert-OH is 1. The molecule has 1 saturated carbocycles. The van der Waals surface area contributed by atoms with Gasteiger partial charge in [-0.2, -0.15) is 5.10 Å². The fourth-order valence-electron chi connectivity index (χ4n) is 1.35. The first-order valence-corrected chi connectivity index (χ1v) is 4.95. The lowest BCUT2D eigenvalue weighted by Gasteiger charge is -2.25. The van der Waals surface area contributed by atoms with Gasteiger partial charge < -0.3 is 5.11 Å². The average Bonchev–Trinajstić information content (AvgIpc) is 2.27. The molecule has 1 heterocycles. The minimum absolute atomic E-state index is 0.0142. The van der Waals surface area contributed by atoms with Gasteiger partial charge in [0, 0.05) is 6.20 Å². The van der Waals surface area contributed by atoms with Crippen LogP contribution in [0.4, 0.5) is 0 Å². The lowest BCUT2D eigenvalue weighted by molar-refractivity contribution is 0.261. The van der Waals surface area contributed by atoms with E-state index in [9.17, 15) is 0 Å². The van der Waals surface area contributed by atoms with Crippen LogP contribution in [0.3, 0.4) is 0 Å². The van der Waals surface area contributed by atoms with Crippen LogP contribution >= 0.6 is 15.9 Å². The third kappa shape index (κ3) is 1.29. The minimum Gasteiger partial charge on any atom is -0.390 e. The second kappa shape index (κ2) is 3.18. The normalized spacial score (nSPS) is 17.8. The SMILES string of the molecule is OCc1nn(C2CCC2)cc1Br. The topological polar surface area (TPSA) is 38.1 Å². The van der Waals surface area contributed by atoms with Crippen molar-refractivity contribution in [3.63, 3.8) is 0 Å². The molecule has 0 bridgehead atoms. The van der Waals surface area contributed by atoms with Crippen molar-refractivity contribution >= 4 is 15.9 Å². The molecule has 0 radical (unpaired) electrons. The molecule has 1 fully saturated rings. The smallest absolute Gasteiger partial charge is 0.102 e. The Balaban J connectivity index is 2.21. The maximum absolute atomic E-state index is 8.90. The zero-order chi connectivity index (χ0) is 8.55. The van der Waals surface area contributed by atoms with E-state index in [1.165, 1.54) is 19.3 Å². The molecule has 1 aliphatic carbocycles. The standard InChI is InChI=1S/C8H11BrN2O/c9-7-4-11(6-2-1-3-6)10-8(7)5-12/h4,6,12H,1-3,5H2. The number of nitrogens with zero attached hydrogens (tertiary/aromatic N) is 2. The molecule has 2 rings (SSSR count). The van der Waals surface area contributed by atoms with Gasteiger partial charge in [0.15, 0.2) is 0 Å². The van der Waals surface area contributed by atoms with Gasteiger partial charge in [0.25, 0.3) is 0 Å². The van der Waals surface area contributed by atoms with E-state index in [0.29, 0.717) is 6.04 Å². The Morgan fingerprint density at radius 3 is 2.83 bits per heavy atom. The molecule has 4 heteroatoms. The summed E-state index contributed by atoms with van der Waals surface area (Å²) in [5, 5.41) is 13.2. The van der Waals surface area contributed by atoms with Crippen LogP contribution in [0.2, 0.25) is 0 Å². The largest absolute Gasteiger partial charge is 0.390 e. The van der Waals surface area contributed by atoms with Gasteiger partial charge in [0.2, 0.25) is 0 Å². The zero-order valence-electron chi connectivity index (χ0n) is 6.70. The number of halogens is 1. The van der Waals surface area contributed by atoms with E-state index in [1.807, 2.05) is 10.9 Å². The van der Waals surface area contributed by atoms with Crippen LogP contribution in [0.1, 0.15) is 31.0 Å². The van der Waals surface area contributed by atoms with Crippen LogP contribution in [0.15, 0.2) is 10.7 Å². The summed E-state index contributed by atoms with van der Waals surface area (Å²) in [6.07, 6.45) is 5.70. The summed E-state index contributed by atoms with van der Waals surface area (Å²) >= 11 is 3.36. The van der Waals surface area contributed by atoms with E-state index in [2.05, 4.69) is 21.0 Å². The Labute approximate surface area is 79.5 Å². The Morgan fingerprint density at radius 1 is 1.67 bits per heavy atom. The van der Waals surface area contributed by atoms with Gasteiger partial charge in [-0.15, -0.1) is 0 Å². The highest BCUT2D eigenvalue weighted by Crippen LogP contribution is 2.32. The highest BCUT2D eigenvalue weighted by atomic mass is 79.9. The quantitative estimate of drug-likeness (QED) is 0.843. The Hall–Kier alpha value is -0.350. The number of aliphatic hydroxyl groups is 1. The first kappa shape index (κ1) is 8.26. The summed E-state index contributed by atoms with van der Waals surface area (Å²) in [5.41, 5.74) is 0.738. The van der Waals surface area contributed by atoms with Gasteiger partial charge in [-0.05, 0) is 35.2 Å². The second-order valence-corrected chi connectivity index (χ2v) is 4.00. The minimum atomic E-state index is 0.0142.